The molecule has 0 aliphatic carbocycles. The fraction of sp³-hybridized carbons (Fsp3) is 0.571. The summed E-state index contributed by atoms with van der Waals surface area (Å²) in [5, 5.41) is 9.16. The summed E-state index contributed by atoms with van der Waals surface area (Å²) in [5.41, 5.74) is 0. The molecule has 0 heterocycles. The minimum absolute atomic E-state index is 0.276. The standard InChI is InChI=1S/C7H12NO2/c1-3-4-5-6-7(9)8(2)10/h1,3,10H,4-6H2,2H3. The molecule has 0 fully saturated rings. The highest BCUT2D eigenvalue weighted by Crippen LogP contribution is 1.97. The number of carbonyl (C=O) groups excluding carboxylic acids is 1. The predicted octanol–water partition coefficient (Wildman–Crippen LogP) is 0.993. The number of unbranched alkanes of at least 4 members (excludes halogenated alkanes) is 1. The van der Waals surface area contributed by atoms with Crippen LogP contribution in [0.15, 0.2) is 6.08 Å². The predicted molar refractivity (Wildman–Crippen MR) is 37.3 cm³/mol. The van der Waals surface area contributed by atoms with E-state index in [-0.39, 0.29) is 5.91 Å². The first-order valence-electron chi connectivity index (χ1n) is 3.17. The van der Waals surface area contributed by atoms with E-state index in [1.165, 1.54) is 13.1 Å². The minimum Gasteiger partial charge on any atom is -0.286 e. The second kappa shape index (κ2) is 4.99. The van der Waals surface area contributed by atoms with E-state index >= 15 is 0 Å². The molecule has 1 radical (unpaired) electrons. The molecule has 0 aliphatic rings. The van der Waals surface area contributed by atoms with Gasteiger partial charge in [-0.3, -0.25) is 10.0 Å². The van der Waals surface area contributed by atoms with Gasteiger partial charge in [-0.1, -0.05) is 12.7 Å². The maximum Gasteiger partial charge on any atom is 0.245 e. The van der Waals surface area contributed by atoms with Gasteiger partial charge in [0.15, 0.2) is 0 Å². The van der Waals surface area contributed by atoms with Crippen LogP contribution in [0.2, 0.25) is 0 Å². The van der Waals surface area contributed by atoms with E-state index in [9.17, 15) is 4.79 Å². The van der Waals surface area contributed by atoms with Gasteiger partial charge in [0.1, 0.15) is 0 Å². The van der Waals surface area contributed by atoms with Crippen LogP contribution in [0, 0.1) is 6.58 Å². The Kier molecular flexibility index (Phi) is 4.58. The highest BCUT2D eigenvalue weighted by Gasteiger charge is 2.02. The molecule has 57 valence electrons. The van der Waals surface area contributed by atoms with Crippen LogP contribution in [0.5, 0.6) is 0 Å². The Morgan fingerprint density at radius 1 is 1.80 bits per heavy atom. The molecule has 0 spiro atoms. The Bertz CT molecular complexity index is 121. The molecule has 0 saturated heterocycles. The number of allylic oxidation sites excluding steroid dienone is 1. The molecule has 10 heavy (non-hydrogen) atoms. The van der Waals surface area contributed by atoms with Crippen molar-refractivity contribution in [1.29, 1.82) is 0 Å². The monoisotopic (exact) mass is 142 g/mol. The Labute approximate surface area is 60.9 Å². The van der Waals surface area contributed by atoms with Gasteiger partial charge in [-0.15, -0.1) is 0 Å². The lowest BCUT2D eigenvalue weighted by Crippen LogP contribution is -2.21. The van der Waals surface area contributed by atoms with Crippen molar-refractivity contribution in [3.63, 3.8) is 0 Å². The molecule has 0 aliphatic heterocycles. The van der Waals surface area contributed by atoms with Gasteiger partial charge in [-0.05, 0) is 12.8 Å². The molecular weight excluding hydrogens is 130 g/mol. The van der Waals surface area contributed by atoms with E-state index in [0.717, 1.165) is 0 Å². The highest BCUT2D eigenvalue weighted by molar-refractivity contribution is 5.74. The zero-order valence-corrected chi connectivity index (χ0v) is 6.08. The zero-order chi connectivity index (χ0) is 7.98. The fourth-order valence-corrected chi connectivity index (χ4v) is 0.533. The molecule has 0 aromatic carbocycles. The van der Waals surface area contributed by atoms with Crippen LogP contribution < -0.4 is 0 Å². The molecule has 0 unspecified atom stereocenters. The smallest absolute Gasteiger partial charge is 0.245 e. The van der Waals surface area contributed by atoms with Crippen molar-refractivity contribution in [1.82, 2.24) is 5.06 Å². The van der Waals surface area contributed by atoms with Crippen LogP contribution in [0.1, 0.15) is 19.3 Å². The summed E-state index contributed by atoms with van der Waals surface area (Å²) in [6.07, 6.45) is 3.26. The van der Waals surface area contributed by atoms with Crippen LogP contribution in [0.3, 0.4) is 0 Å². The van der Waals surface area contributed by atoms with Gasteiger partial charge < -0.3 is 0 Å². The Balaban J connectivity index is 3.30. The summed E-state index contributed by atoms with van der Waals surface area (Å²) in [5.74, 6) is -0.276. The Morgan fingerprint density at radius 2 is 2.40 bits per heavy atom. The molecule has 0 atom stereocenters. The molecule has 0 aromatic heterocycles. The van der Waals surface area contributed by atoms with Crippen molar-refractivity contribution >= 4 is 5.91 Å². The van der Waals surface area contributed by atoms with E-state index in [2.05, 4.69) is 0 Å². The van der Waals surface area contributed by atoms with Gasteiger partial charge in [-0.2, -0.15) is 0 Å². The molecule has 3 nitrogen and oxygen atoms in total. The van der Waals surface area contributed by atoms with Crippen LogP contribution in [-0.4, -0.2) is 23.2 Å². The molecule has 3 heteroatoms. The summed E-state index contributed by atoms with van der Waals surface area (Å²) < 4.78 is 0. The third-order valence-corrected chi connectivity index (χ3v) is 1.12. The first kappa shape index (κ1) is 9.17. The van der Waals surface area contributed by atoms with E-state index < -0.39 is 0 Å². The minimum atomic E-state index is -0.276. The topological polar surface area (TPSA) is 40.5 Å². The van der Waals surface area contributed by atoms with Crippen LogP contribution >= 0.6 is 0 Å². The van der Waals surface area contributed by atoms with Crippen LogP contribution in [0.25, 0.3) is 0 Å². The molecule has 0 bridgehead atoms. The van der Waals surface area contributed by atoms with Crippen molar-refractivity contribution in [3.05, 3.63) is 12.7 Å². The highest BCUT2D eigenvalue weighted by atomic mass is 16.5. The van der Waals surface area contributed by atoms with Crippen LogP contribution in [0.4, 0.5) is 0 Å². The SMILES string of the molecule is [CH]=CCCCC(=O)N(C)O. The number of amides is 1. The molecule has 0 rings (SSSR count). The summed E-state index contributed by atoms with van der Waals surface area (Å²) in [4.78, 5) is 10.6. The average molecular weight is 142 g/mol. The third kappa shape index (κ3) is 4.09. The maximum absolute atomic E-state index is 10.6. The summed E-state index contributed by atoms with van der Waals surface area (Å²) >= 11 is 0. The molecule has 1 amide bonds. The van der Waals surface area contributed by atoms with Crippen molar-refractivity contribution in [2.75, 3.05) is 7.05 Å². The van der Waals surface area contributed by atoms with Gasteiger partial charge in [0.05, 0.1) is 0 Å². The number of rotatable bonds is 4. The molecule has 0 aromatic rings. The number of hydrogen-bond donors (Lipinski definition) is 1. The van der Waals surface area contributed by atoms with Gasteiger partial charge in [0.2, 0.25) is 5.91 Å². The summed E-state index contributed by atoms with van der Waals surface area (Å²) in [7, 11) is 1.31. The third-order valence-electron chi connectivity index (χ3n) is 1.12. The van der Waals surface area contributed by atoms with Gasteiger partial charge in [0, 0.05) is 13.5 Å². The molecule has 1 N–H and O–H groups in total. The van der Waals surface area contributed by atoms with Gasteiger partial charge in [-0.25, -0.2) is 5.06 Å². The van der Waals surface area contributed by atoms with Crippen molar-refractivity contribution in [2.24, 2.45) is 0 Å². The van der Waals surface area contributed by atoms with Crippen molar-refractivity contribution in [3.8, 4) is 0 Å². The first-order chi connectivity index (χ1) is 4.68. The van der Waals surface area contributed by atoms with E-state index in [0.29, 0.717) is 24.3 Å². The summed E-state index contributed by atoms with van der Waals surface area (Å²) in [6.45, 7) is 5.08. The number of hydroxylamine groups is 2. The largest absolute Gasteiger partial charge is 0.286 e. The van der Waals surface area contributed by atoms with E-state index in [1.54, 1.807) is 0 Å². The number of carbonyl (C=O) groups is 1. The zero-order valence-electron chi connectivity index (χ0n) is 6.08. The lowest BCUT2D eigenvalue weighted by atomic mass is 10.2. The van der Waals surface area contributed by atoms with Crippen molar-refractivity contribution in [2.45, 2.75) is 19.3 Å². The Hall–Kier alpha value is -0.830. The van der Waals surface area contributed by atoms with Gasteiger partial charge in [0.25, 0.3) is 0 Å². The number of nitrogens with zero attached hydrogens (tertiary/aromatic N) is 1. The molecule has 0 saturated carbocycles. The van der Waals surface area contributed by atoms with Crippen LogP contribution in [-0.2, 0) is 4.79 Å². The lowest BCUT2D eigenvalue weighted by molar-refractivity contribution is -0.159. The summed E-state index contributed by atoms with van der Waals surface area (Å²) in [6, 6.07) is 0. The average Bonchev–Trinajstić information content (AvgIpc) is 1.88. The first-order valence-corrected chi connectivity index (χ1v) is 3.17. The normalized spacial score (nSPS) is 9.00. The molecular formula is C7H12NO2. The van der Waals surface area contributed by atoms with E-state index in [1.807, 2.05) is 0 Å². The maximum atomic E-state index is 10.6. The van der Waals surface area contributed by atoms with E-state index in [4.69, 9.17) is 11.8 Å². The quantitative estimate of drug-likeness (QED) is 0.361. The number of hydrogen-bond acceptors (Lipinski definition) is 2. The lowest BCUT2D eigenvalue weighted by Gasteiger charge is -2.06. The second-order valence-electron chi connectivity index (χ2n) is 2.05. The van der Waals surface area contributed by atoms with Gasteiger partial charge >= 0.3 is 0 Å². The Morgan fingerprint density at radius 3 is 2.80 bits per heavy atom. The van der Waals surface area contributed by atoms with Crippen molar-refractivity contribution < 1.29 is 10.0 Å². The second-order valence-corrected chi connectivity index (χ2v) is 2.05. The fourth-order valence-electron chi connectivity index (χ4n) is 0.533.